The van der Waals surface area contributed by atoms with Gasteiger partial charge in [-0.05, 0) is 19.1 Å². The molecule has 0 amide bonds. The molecule has 0 fully saturated rings. The van der Waals surface area contributed by atoms with Crippen LogP contribution in [-0.4, -0.2) is 49.4 Å². The zero-order valence-corrected chi connectivity index (χ0v) is 12.5. The summed E-state index contributed by atoms with van der Waals surface area (Å²) in [7, 11) is 1.59. The number of halogens is 1. The van der Waals surface area contributed by atoms with E-state index in [4.69, 9.17) is 25.8 Å². The van der Waals surface area contributed by atoms with Crippen molar-refractivity contribution in [2.75, 3.05) is 26.9 Å². The van der Waals surface area contributed by atoms with Crippen molar-refractivity contribution in [3.8, 4) is 5.75 Å². The standard InChI is InChI=1S/C14H21ClO5/c1-10(7-18-2)19-8-11(17)9-20-14-5-3-4-13(15)12(14)6-16/h3-5,10-11,16-17H,6-9H2,1-2H3. The van der Waals surface area contributed by atoms with Crippen LogP contribution in [0.4, 0.5) is 0 Å². The molecule has 2 unspecified atom stereocenters. The van der Waals surface area contributed by atoms with E-state index in [9.17, 15) is 10.2 Å². The van der Waals surface area contributed by atoms with Crippen molar-refractivity contribution >= 4 is 11.6 Å². The number of hydrogen-bond donors (Lipinski definition) is 2. The van der Waals surface area contributed by atoms with Crippen molar-refractivity contribution in [1.82, 2.24) is 0 Å². The molecule has 0 aliphatic heterocycles. The topological polar surface area (TPSA) is 68.2 Å². The fourth-order valence-electron chi connectivity index (χ4n) is 1.62. The molecule has 0 aliphatic carbocycles. The highest BCUT2D eigenvalue weighted by atomic mass is 35.5. The van der Waals surface area contributed by atoms with E-state index >= 15 is 0 Å². The van der Waals surface area contributed by atoms with Crippen molar-refractivity contribution in [2.45, 2.75) is 25.7 Å². The van der Waals surface area contributed by atoms with Gasteiger partial charge in [0.15, 0.2) is 0 Å². The third-order valence-electron chi connectivity index (χ3n) is 2.64. The summed E-state index contributed by atoms with van der Waals surface area (Å²) >= 11 is 5.94. The van der Waals surface area contributed by atoms with Gasteiger partial charge in [0.25, 0.3) is 0 Å². The number of aliphatic hydroxyl groups is 2. The second-order valence-electron chi connectivity index (χ2n) is 4.44. The lowest BCUT2D eigenvalue weighted by Gasteiger charge is -2.17. The maximum atomic E-state index is 9.77. The normalized spacial score (nSPS) is 14.1. The molecule has 0 bridgehead atoms. The van der Waals surface area contributed by atoms with Crippen LogP contribution in [0.3, 0.4) is 0 Å². The first-order chi connectivity index (χ1) is 9.58. The quantitative estimate of drug-likeness (QED) is 0.726. The van der Waals surface area contributed by atoms with E-state index < -0.39 is 6.10 Å². The van der Waals surface area contributed by atoms with Gasteiger partial charge in [-0.3, -0.25) is 0 Å². The molecule has 0 heterocycles. The van der Waals surface area contributed by atoms with Gasteiger partial charge in [0, 0.05) is 17.7 Å². The first-order valence-corrected chi connectivity index (χ1v) is 6.76. The van der Waals surface area contributed by atoms with E-state index in [0.717, 1.165) is 0 Å². The third kappa shape index (κ3) is 5.64. The molecule has 0 aliphatic rings. The third-order valence-corrected chi connectivity index (χ3v) is 2.99. The molecule has 2 atom stereocenters. The second-order valence-corrected chi connectivity index (χ2v) is 4.85. The molecule has 0 aromatic heterocycles. The van der Waals surface area contributed by atoms with Gasteiger partial charge in [-0.15, -0.1) is 0 Å². The van der Waals surface area contributed by atoms with Gasteiger partial charge in [0.05, 0.1) is 25.9 Å². The number of ether oxygens (including phenoxy) is 3. The lowest BCUT2D eigenvalue weighted by Crippen LogP contribution is -2.27. The zero-order valence-electron chi connectivity index (χ0n) is 11.7. The lowest BCUT2D eigenvalue weighted by atomic mass is 10.2. The average Bonchev–Trinajstić information content (AvgIpc) is 2.43. The highest BCUT2D eigenvalue weighted by Crippen LogP contribution is 2.26. The first kappa shape index (κ1) is 17.2. The molecule has 1 rings (SSSR count). The Balaban J connectivity index is 2.41. The van der Waals surface area contributed by atoms with Gasteiger partial charge in [-0.1, -0.05) is 17.7 Å². The number of aliphatic hydroxyl groups excluding tert-OH is 2. The SMILES string of the molecule is COCC(C)OCC(O)COc1cccc(Cl)c1CO. The van der Waals surface area contributed by atoms with Crippen LogP contribution in [0.1, 0.15) is 12.5 Å². The number of hydrogen-bond acceptors (Lipinski definition) is 5. The number of methoxy groups -OCH3 is 1. The molecule has 1 aromatic carbocycles. The lowest BCUT2D eigenvalue weighted by molar-refractivity contribution is -0.0424. The number of rotatable bonds is 9. The molecule has 114 valence electrons. The molecule has 2 N–H and O–H groups in total. The van der Waals surface area contributed by atoms with E-state index in [-0.39, 0.29) is 25.9 Å². The summed E-state index contributed by atoms with van der Waals surface area (Å²) in [5.74, 6) is 0.462. The molecule has 20 heavy (non-hydrogen) atoms. The molecular formula is C14H21ClO5. The van der Waals surface area contributed by atoms with E-state index in [0.29, 0.717) is 22.9 Å². The maximum Gasteiger partial charge on any atom is 0.126 e. The Morgan fingerprint density at radius 1 is 1.25 bits per heavy atom. The molecule has 1 aromatic rings. The van der Waals surface area contributed by atoms with Crippen LogP contribution in [-0.2, 0) is 16.1 Å². The predicted octanol–water partition coefficient (Wildman–Crippen LogP) is 1.62. The second kappa shape index (κ2) is 9.15. The minimum atomic E-state index is -0.764. The van der Waals surface area contributed by atoms with Gasteiger partial charge in [0.2, 0.25) is 0 Å². The average molecular weight is 305 g/mol. The van der Waals surface area contributed by atoms with E-state index in [1.54, 1.807) is 25.3 Å². The van der Waals surface area contributed by atoms with Crippen molar-refractivity contribution in [2.24, 2.45) is 0 Å². The van der Waals surface area contributed by atoms with Gasteiger partial charge in [0.1, 0.15) is 18.5 Å². The Kier molecular flexibility index (Phi) is 7.87. The van der Waals surface area contributed by atoms with Gasteiger partial charge in [-0.2, -0.15) is 0 Å². The van der Waals surface area contributed by atoms with E-state index in [1.807, 2.05) is 6.92 Å². The Hall–Kier alpha value is -0.850. The molecular weight excluding hydrogens is 284 g/mol. The van der Waals surface area contributed by atoms with Crippen LogP contribution in [0.15, 0.2) is 18.2 Å². The summed E-state index contributed by atoms with van der Waals surface area (Å²) in [6.07, 6.45) is -0.853. The molecule has 0 spiro atoms. The Morgan fingerprint density at radius 2 is 2.00 bits per heavy atom. The predicted molar refractivity (Wildman–Crippen MR) is 76.2 cm³/mol. The Labute approximate surface area is 124 Å². The van der Waals surface area contributed by atoms with E-state index in [2.05, 4.69) is 0 Å². The van der Waals surface area contributed by atoms with Crippen LogP contribution in [0, 0.1) is 0 Å². The van der Waals surface area contributed by atoms with Crippen molar-refractivity contribution in [3.63, 3.8) is 0 Å². The minimum absolute atomic E-state index is 0.0625. The molecule has 0 radical (unpaired) electrons. The fourth-order valence-corrected chi connectivity index (χ4v) is 1.85. The summed E-state index contributed by atoms with van der Waals surface area (Å²) in [5.41, 5.74) is 0.509. The minimum Gasteiger partial charge on any atom is -0.490 e. The summed E-state index contributed by atoms with van der Waals surface area (Å²) in [5, 5.41) is 19.4. The Bertz CT molecular complexity index is 399. The monoisotopic (exact) mass is 304 g/mol. The summed E-state index contributed by atoms with van der Waals surface area (Å²) < 4.78 is 15.8. The largest absolute Gasteiger partial charge is 0.490 e. The van der Waals surface area contributed by atoms with Crippen LogP contribution in [0.5, 0.6) is 5.75 Å². The molecule has 0 saturated carbocycles. The summed E-state index contributed by atoms with van der Waals surface area (Å²) in [6.45, 7) is 2.33. The van der Waals surface area contributed by atoms with Crippen LogP contribution in [0.25, 0.3) is 0 Å². The van der Waals surface area contributed by atoms with Gasteiger partial charge < -0.3 is 24.4 Å². The highest BCUT2D eigenvalue weighted by molar-refractivity contribution is 6.31. The maximum absolute atomic E-state index is 9.77. The van der Waals surface area contributed by atoms with Gasteiger partial charge >= 0.3 is 0 Å². The highest BCUT2D eigenvalue weighted by Gasteiger charge is 2.12. The van der Waals surface area contributed by atoms with Crippen molar-refractivity contribution < 1.29 is 24.4 Å². The fraction of sp³-hybridized carbons (Fsp3) is 0.571. The van der Waals surface area contributed by atoms with Crippen molar-refractivity contribution in [1.29, 1.82) is 0 Å². The first-order valence-electron chi connectivity index (χ1n) is 6.38. The smallest absolute Gasteiger partial charge is 0.126 e. The van der Waals surface area contributed by atoms with Crippen molar-refractivity contribution in [3.05, 3.63) is 28.8 Å². The molecule has 6 heteroatoms. The van der Waals surface area contributed by atoms with Crippen LogP contribution < -0.4 is 4.74 Å². The van der Waals surface area contributed by atoms with Crippen LogP contribution in [0.2, 0.25) is 5.02 Å². The van der Waals surface area contributed by atoms with E-state index in [1.165, 1.54) is 0 Å². The molecule has 5 nitrogen and oxygen atoms in total. The number of benzene rings is 1. The Morgan fingerprint density at radius 3 is 2.65 bits per heavy atom. The summed E-state index contributed by atoms with van der Waals surface area (Å²) in [4.78, 5) is 0. The summed E-state index contributed by atoms with van der Waals surface area (Å²) in [6, 6.07) is 5.09. The van der Waals surface area contributed by atoms with Crippen LogP contribution >= 0.6 is 11.6 Å². The zero-order chi connectivity index (χ0) is 15.0. The molecule has 0 saturated heterocycles. The van der Waals surface area contributed by atoms with Gasteiger partial charge in [-0.25, -0.2) is 0 Å².